The molecule has 0 spiro atoms. The van der Waals surface area contributed by atoms with E-state index in [1.54, 1.807) is 30.5 Å². The molecule has 132 valence electrons. The molecule has 0 unspecified atom stereocenters. The van der Waals surface area contributed by atoms with Crippen molar-refractivity contribution in [2.24, 2.45) is 5.10 Å². The van der Waals surface area contributed by atoms with Gasteiger partial charge in [0.05, 0.1) is 19.4 Å². The molecule has 0 saturated heterocycles. The fourth-order valence-electron chi connectivity index (χ4n) is 2.06. The number of rotatable bonds is 8. The van der Waals surface area contributed by atoms with Crippen molar-refractivity contribution in [3.05, 3.63) is 58.6 Å². The number of ether oxygens (including phenoxy) is 2. The number of benzene rings is 2. The van der Waals surface area contributed by atoms with Gasteiger partial charge in [0.2, 0.25) is 0 Å². The molecular weight excluding hydrogens is 340 g/mol. The maximum absolute atomic E-state index is 12.0. The van der Waals surface area contributed by atoms with E-state index in [1.807, 2.05) is 32.0 Å². The standard InChI is InChI=1S/C19H21ClN2O3/c1-3-10-25-17-9-8-14(11-18(17)24-4-2)13-21-22-19(23)15-6-5-7-16(20)12-15/h5-9,11-13H,3-4,10H2,1-2H3,(H,22,23)/b21-13-. The molecule has 2 aromatic carbocycles. The molecule has 0 bridgehead atoms. The summed E-state index contributed by atoms with van der Waals surface area (Å²) in [7, 11) is 0. The van der Waals surface area contributed by atoms with Crippen LogP contribution >= 0.6 is 11.6 Å². The highest BCUT2D eigenvalue weighted by atomic mass is 35.5. The first kappa shape index (κ1) is 18.8. The smallest absolute Gasteiger partial charge is 0.271 e. The summed E-state index contributed by atoms with van der Waals surface area (Å²) in [6.45, 7) is 5.12. The first-order valence-corrected chi connectivity index (χ1v) is 8.50. The van der Waals surface area contributed by atoms with Crippen LogP contribution in [0, 0.1) is 0 Å². The Labute approximate surface area is 152 Å². The zero-order chi connectivity index (χ0) is 18.1. The molecule has 0 radical (unpaired) electrons. The summed E-state index contributed by atoms with van der Waals surface area (Å²) in [5, 5.41) is 4.48. The molecule has 1 N–H and O–H groups in total. The zero-order valence-corrected chi connectivity index (χ0v) is 15.0. The van der Waals surface area contributed by atoms with E-state index in [2.05, 4.69) is 10.5 Å². The van der Waals surface area contributed by atoms with E-state index in [9.17, 15) is 4.79 Å². The zero-order valence-electron chi connectivity index (χ0n) is 14.3. The first-order valence-electron chi connectivity index (χ1n) is 8.12. The number of nitrogens with zero attached hydrogens (tertiary/aromatic N) is 1. The van der Waals surface area contributed by atoms with Crippen molar-refractivity contribution in [2.45, 2.75) is 20.3 Å². The number of halogens is 1. The van der Waals surface area contributed by atoms with Crippen LogP contribution in [0.3, 0.4) is 0 Å². The highest BCUT2D eigenvalue weighted by molar-refractivity contribution is 6.30. The maximum atomic E-state index is 12.0. The molecule has 0 aliphatic carbocycles. The van der Waals surface area contributed by atoms with E-state index < -0.39 is 0 Å². The maximum Gasteiger partial charge on any atom is 0.271 e. The topological polar surface area (TPSA) is 59.9 Å². The summed E-state index contributed by atoms with van der Waals surface area (Å²) in [5.41, 5.74) is 3.71. The fraction of sp³-hybridized carbons (Fsp3) is 0.263. The molecule has 0 aromatic heterocycles. The number of amides is 1. The van der Waals surface area contributed by atoms with Crippen LogP contribution in [0.2, 0.25) is 5.02 Å². The predicted octanol–water partition coefficient (Wildman–Crippen LogP) is 4.29. The first-order chi connectivity index (χ1) is 12.1. The average Bonchev–Trinajstić information content (AvgIpc) is 2.61. The fourth-order valence-corrected chi connectivity index (χ4v) is 2.25. The lowest BCUT2D eigenvalue weighted by Crippen LogP contribution is -2.17. The molecule has 0 saturated carbocycles. The monoisotopic (exact) mass is 360 g/mol. The Morgan fingerprint density at radius 3 is 2.72 bits per heavy atom. The van der Waals surface area contributed by atoms with Crippen LogP contribution < -0.4 is 14.9 Å². The van der Waals surface area contributed by atoms with Crippen molar-refractivity contribution in [2.75, 3.05) is 13.2 Å². The SMILES string of the molecule is CCCOc1ccc(/C=N\NC(=O)c2cccc(Cl)c2)cc1OCC. The summed E-state index contributed by atoms with van der Waals surface area (Å²) < 4.78 is 11.2. The van der Waals surface area contributed by atoms with Crippen LogP contribution in [0.5, 0.6) is 11.5 Å². The van der Waals surface area contributed by atoms with Crippen LogP contribution in [0.1, 0.15) is 36.2 Å². The minimum Gasteiger partial charge on any atom is -0.490 e. The summed E-state index contributed by atoms with van der Waals surface area (Å²) in [6, 6.07) is 12.2. The van der Waals surface area contributed by atoms with Gasteiger partial charge in [0.25, 0.3) is 5.91 Å². The summed E-state index contributed by atoms with van der Waals surface area (Å²) in [5.74, 6) is 1.02. The van der Waals surface area contributed by atoms with Crippen LogP contribution in [0.15, 0.2) is 47.6 Å². The Morgan fingerprint density at radius 2 is 2.00 bits per heavy atom. The number of hydrogen-bond donors (Lipinski definition) is 1. The Balaban J connectivity index is 2.04. The molecule has 25 heavy (non-hydrogen) atoms. The van der Waals surface area contributed by atoms with Crippen molar-refractivity contribution in [3.8, 4) is 11.5 Å². The van der Waals surface area contributed by atoms with Gasteiger partial charge in [0.15, 0.2) is 11.5 Å². The Kier molecular flexibility index (Phi) is 7.29. The van der Waals surface area contributed by atoms with E-state index in [0.29, 0.717) is 35.3 Å². The van der Waals surface area contributed by atoms with E-state index in [4.69, 9.17) is 21.1 Å². The number of carbonyl (C=O) groups excluding carboxylic acids is 1. The minimum absolute atomic E-state index is 0.327. The van der Waals surface area contributed by atoms with Crippen LogP contribution in [-0.4, -0.2) is 25.3 Å². The van der Waals surface area contributed by atoms with E-state index in [-0.39, 0.29) is 5.91 Å². The highest BCUT2D eigenvalue weighted by Gasteiger charge is 2.06. The second-order valence-corrected chi connectivity index (χ2v) is 5.63. The molecule has 2 rings (SSSR count). The third-order valence-corrected chi connectivity index (χ3v) is 3.43. The Hall–Kier alpha value is -2.53. The van der Waals surface area contributed by atoms with Gasteiger partial charge in [-0.2, -0.15) is 5.10 Å². The lowest BCUT2D eigenvalue weighted by molar-refractivity contribution is 0.0955. The second kappa shape index (κ2) is 9.69. The average molecular weight is 361 g/mol. The lowest BCUT2D eigenvalue weighted by Gasteiger charge is -2.11. The Bertz CT molecular complexity index is 747. The summed E-state index contributed by atoms with van der Waals surface area (Å²) >= 11 is 5.87. The molecule has 6 heteroatoms. The predicted molar refractivity (Wildman–Crippen MR) is 99.9 cm³/mol. The lowest BCUT2D eigenvalue weighted by atomic mass is 10.2. The molecule has 1 amide bonds. The van der Waals surface area contributed by atoms with Gasteiger partial charge in [0, 0.05) is 10.6 Å². The van der Waals surface area contributed by atoms with Gasteiger partial charge in [-0.15, -0.1) is 0 Å². The third kappa shape index (κ3) is 5.80. The van der Waals surface area contributed by atoms with Gasteiger partial charge in [-0.25, -0.2) is 5.43 Å². The van der Waals surface area contributed by atoms with E-state index in [0.717, 1.165) is 12.0 Å². The van der Waals surface area contributed by atoms with E-state index in [1.165, 1.54) is 0 Å². The molecule has 0 atom stereocenters. The molecule has 2 aromatic rings. The summed E-state index contributed by atoms with van der Waals surface area (Å²) in [6.07, 6.45) is 2.47. The quantitative estimate of drug-likeness (QED) is 0.564. The molecule has 0 aliphatic rings. The number of hydrazone groups is 1. The van der Waals surface area contributed by atoms with E-state index >= 15 is 0 Å². The van der Waals surface area contributed by atoms with Gasteiger partial charge in [-0.1, -0.05) is 24.6 Å². The molecular formula is C19H21ClN2O3. The Morgan fingerprint density at radius 1 is 1.16 bits per heavy atom. The molecule has 0 heterocycles. The van der Waals surface area contributed by atoms with Crippen LogP contribution in [-0.2, 0) is 0 Å². The molecule has 0 aliphatic heterocycles. The second-order valence-electron chi connectivity index (χ2n) is 5.20. The van der Waals surface area contributed by atoms with Crippen molar-refractivity contribution < 1.29 is 14.3 Å². The van der Waals surface area contributed by atoms with Gasteiger partial charge >= 0.3 is 0 Å². The van der Waals surface area contributed by atoms with Gasteiger partial charge in [0.1, 0.15) is 0 Å². The van der Waals surface area contributed by atoms with Crippen molar-refractivity contribution in [1.29, 1.82) is 0 Å². The van der Waals surface area contributed by atoms with Gasteiger partial charge in [-0.05, 0) is 55.3 Å². The third-order valence-electron chi connectivity index (χ3n) is 3.20. The van der Waals surface area contributed by atoms with Crippen LogP contribution in [0.4, 0.5) is 0 Å². The molecule has 5 nitrogen and oxygen atoms in total. The normalized spacial score (nSPS) is 10.7. The van der Waals surface area contributed by atoms with Gasteiger partial charge in [-0.3, -0.25) is 4.79 Å². The molecule has 0 fully saturated rings. The highest BCUT2D eigenvalue weighted by Crippen LogP contribution is 2.28. The van der Waals surface area contributed by atoms with Crippen LogP contribution in [0.25, 0.3) is 0 Å². The number of carbonyl (C=O) groups is 1. The van der Waals surface area contributed by atoms with Gasteiger partial charge < -0.3 is 9.47 Å². The summed E-state index contributed by atoms with van der Waals surface area (Å²) in [4.78, 5) is 12.0. The van der Waals surface area contributed by atoms with Crippen molar-refractivity contribution >= 4 is 23.7 Å². The van der Waals surface area contributed by atoms with Crippen molar-refractivity contribution in [3.63, 3.8) is 0 Å². The largest absolute Gasteiger partial charge is 0.490 e. The number of nitrogens with one attached hydrogen (secondary N) is 1. The number of hydrogen-bond acceptors (Lipinski definition) is 4. The van der Waals surface area contributed by atoms with Crippen molar-refractivity contribution in [1.82, 2.24) is 5.43 Å². The minimum atomic E-state index is -0.327.